The summed E-state index contributed by atoms with van der Waals surface area (Å²) in [7, 11) is 0. The summed E-state index contributed by atoms with van der Waals surface area (Å²) in [6.45, 7) is 4.60. The lowest BCUT2D eigenvalue weighted by Gasteiger charge is -2.39. The van der Waals surface area contributed by atoms with Crippen LogP contribution in [0.3, 0.4) is 0 Å². The first-order chi connectivity index (χ1) is 17.2. The number of hydrogen-bond acceptors (Lipinski definition) is 7. The van der Waals surface area contributed by atoms with E-state index >= 15 is 0 Å². The van der Waals surface area contributed by atoms with E-state index in [2.05, 4.69) is 15.2 Å². The standard InChI is InChI=1S/C26H31ClFN5O3/c1-14(34)11-33-17-4-5-18(33)9-19(8-17)36-24-7-16(28)3-6-20(24)26(35)32-12-21(23(29)13-32)25-30-10-22(27)15(2)31-25/h3,6-7,10,14,17-19,29,31,34H,4-5,8-9,11-13H2,1-2H3/b25-21-,29-23?/t14?,17-,18+,19+. The number of fused-ring (bicyclic) bond motifs is 2. The highest BCUT2D eigenvalue weighted by Gasteiger charge is 2.42. The molecule has 4 heterocycles. The molecule has 0 aliphatic carbocycles. The van der Waals surface area contributed by atoms with Crippen molar-refractivity contribution < 1.29 is 19.0 Å². The van der Waals surface area contributed by atoms with Gasteiger partial charge in [0.2, 0.25) is 0 Å². The first-order valence-corrected chi connectivity index (χ1v) is 12.7. The molecule has 3 saturated heterocycles. The molecule has 4 aliphatic rings. The van der Waals surface area contributed by atoms with Crippen LogP contribution in [-0.4, -0.2) is 76.7 Å². The van der Waals surface area contributed by atoms with Crippen LogP contribution in [0.25, 0.3) is 0 Å². The van der Waals surface area contributed by atoms with Gasteiger partial charge in [-0.15, -0.1) is 0 Å². The van der Waals surface area contributed by atoms with Crippen molar-refractivity contribution in [3.63, 3.8) is 0 Å². The van der Waals surface area contributed by atoms with Gasteiger partial charge in [-0.2, -0.15) is 0 Å². The van der Waals surface area contributed by atoms with E-state index in [1.165, 1.54) is 24.4 Å². The smallest absolute Gasteiger partial charge is 0.258 e. The number of likely N-dealkylation sites (tertiary alicyclic amines) is 1. The molecule has 1 amide bonds. The SMILES string of the molecule is CC1=C(Cl)C=N/C(=C2\CN(C(=O)c3ccc(F)cc3O[C@H]3C[C@H]4CC[C@@H](C3)N4CC(C)O)CC2=N)N1. The van der Waals surface area contributed by atoms with Crippen molar-refractivity contribution in [1.82, 2.24) is 15.1 Å². The Morgan fingerprint density at radius 2 is 2.06 bits per heavy atom. The molecule has 1 aromatic carbocycles. The summed E-state index contributed by atoms with van der Waals surface area (Å²) in [4.78, 5) is 21.7. The molecule has 0 aromatic heterocycles. The van der Waals surface area contributed by atoms with E-state index in [-0.39, 0.29) is 42.5 Å². The molecule has 0 saturated carbocycles. The molecule has 0 radical (unpaired) electrons. The van der Waals surface area contributed by atoms with E-state index in [1.807, 2.05) is 6.92 Å². The second-order valence-electron chi connectivity index (χ2n) is 10.1. The van der Waals surface area contributed by atoms with Gasteiger partial charge in [0.15, 0.2) is 0 Å². The van der Waals surface area contributed by atoms with Crippen molar-refractivity contribution in [2.75, 3.05) is 19.6 Å². The summed E-state index contributed by atoms with van der Waals surface area (Å²) in [5, 5.41) is 21.9. The van der Waals surface area contributed by atoms with E-state index in [0.29, 0.717) is 40.8 Å². The van der Waals surface area contributed by atoms with E-state index in [0.717, 1.165) is 31.4 Å². The third kappa shape index (κ3) is 4.92. The Morgan fingerprint density at radius 3 is 2.72 bits per heavy atom. The van der Waals surface area contributed by atoms with Gasteiger partial charge in [-0.25, -0.2) is 9.38 Å². The minimum atomic E-state index is -0.465. The molecular formula is C26H31ClFN5O3. The van der Waals surface area contributed by atoms with Crippen molar-refractivity contribution in [1.29, 1.82) is 5.41 Å². The Bertz CT molecular complexity index is 1170. The Balaban J connectivity index is 1.32. The summed E-state index contributed by atoms with van der Waals surface area (Å²) in [6.07, 6.45) is 4.67. The molecule has 36 heavy (non-hydrogen) atoms. The number of allylic oxidation sites excluding steroid dienone is 2. The first kappa shape index (κ1) is 24.9. The van der Waals surface area contributed by atoms with Crippen molar-refractivity contribution in [2.24, 2.45) is 4.99 Å². The molecule has 1 unspecified atom stereocenters. The number of piperidine rings is 1. The zero-order valence-electron chi connectivity index (χ0n) is 20.4. The van der Waals surface area contributed by atoms with Gasteiger partial charge in [-0.3, -0.25) is 9.69 Å². The predicted octanol–water partition coefficient (Wildman–Crippen LogP) is 3.41. The summed E-state index contributed by atoms with van der Waals surface area (Å²) in [6, 6.07) is 4.64. The molecule has 1 aromatic rings. The number of carbonyl (C=O) groups excluding carboxylic acids is 1. The third-order valence-electron chi connectivity index (χ3n) is 7.39. The number of aliphatic hydroxyl groups excluding tert-OH is 1. The highest BCUT2D eigenvalue weighted by molar-refractivity contribution is 6.39. The Kier molecular flexibility index (Phi) is 6.89. The minimum absolute atomic E-state index is 0.129. The molecule has 10 heteroatoms. The summed E-state index contributed by atoms with van der Waals surface area (Å²) in [5.41, 5.74) is 1.93. The van der Waals surface area contributed by atoms with Gasteiger partial charge in [0.05, 0.1) is 35.5 Å². The fourth-order valence-corrected chi connectivity index (χ4v) is 5.77. The second kappa shape index (κ2) is 9.95. The van der Waals surface area contributed by atoms with Crippen LogP contribution in [0, 0.1) is 11.2 Å². The molecular weight excluding hydrogens is 485 g/mol. The first-order valence-electron chi connectivity index (χ1n) is 12.4. The monoisotopic (exact) mass is 515 g/mol. The summed E-state index contributed by atoms with van der Waals surface area (Å²) in [5.74, 6) is -0.0366. The molecule has 4 atom stereocenters. The topological polar surface area (TPSA) is 101 Å². The third-order valence-corrected chi connectivity index (χ3v) is 7.77. The molecule has 2 bridgehead atoms. The van der Waals surface area contributed by atoms with Crippen LogP contribution in [0.5, 0.6) is 5.75 Å². The van der Waals surface area contributed by atoms with Gasteiger partial charge in [-0.1, -0.05) is 11.6 Å². The van der Waals surface area contributed by atoms with Crippen molar-refractivity contribution in [2.45, 2.75) is 63.8 Å². The number of benzene rings is 1. The zero-order chi connectivity index (χ0) is 25.6. The fourth-order valence-electron chi connectivity index (χ4n) is 5.67. The average molecular weight is 516 g/mol. The van der Waals surface area contributed by atoms with E-state index in [1.54, 1.807) is 11.8 Å². The lowest BCUT2D eigenvalue weighted by atomic mass is 9.99. The average Bonchev–Trinajstić information content (AvgIpc) is 3.30. The van der Waals surface area contributed by atoms with Crippen LogP contribution in [-0.2, 0) is 0 Å². The van der Waals surface area contributed by atoms with E-state index in [4.69, 9.17) is 21.7 Å². The number of hydrogen-bond donors (Lipinski definition) is 3. The van der Waals surface area contributed by atoms with Crippen LogP contribution in [0.1, 0.15) is 49.9 Å². The maximum atomic E-state index is 14.2. The van der Waals surface area contributed by atoms with E-state index < -0.39 is 5.82 Å². The number of aliphatic imine (C=N–C) groups is 1. The highest BCUT2D eigenvalue weighted by atomic mass is 35.5. The fraction of sp³-hybridized carbons (Fsp3) is 0.500. The largest absolute Gasteiger partial charge is 0.489 e. The van der Waals surface area contributed by atoms with Gasteiger partial charge < -0.3 is 25.5 Å². The Hall–Kier alpha value is -2.75. The second-order valence-corrected chi connectivity index (χ2v) is 10.5. The maximum absolute atomic E-state index is 14.2. The van der Waals surface area contributed by atoms with Crippen LogP contribution in [0.15, 0.2) is 45.3 Å². The Morgan fingerprint density at radius 1 is 1.33 bits per heavy atom. The van der Waals surface area contributed by atoms with Gasteiger partial charge >= 0.3 is 0 Å². The molecule has 192 valence electrons. The zero-order valence-corrected chi connectivity index (χ0v) is 21.2. The number of halogens is 2. The van der Waals surface area contributed by atoms with Gasteiger partial charge in [0, 0.05) is 42.2 Å². The van der Waals surface area contributed by atoms with Gasteiger partial charge in [0.1, 0.15) is 23.5 Å². The molecule has 4 aliphatic heterocycles. The molecule has 5 rings (SSSR count). The predicted molar refractivity (Wildman–Crippen MR) is 136 cm³/mol. The number of rotatable bonds is 5. The Labute approximate surface area is 215 Å². The van der Waals surface area contributed by atoms with Crippen LogP contribution in [0.4, 0.5) is 4.39 Å². The van der Waals surface area contributed by atoms with Crippen molar-refractivity contribution in [3.05, 3.63) is 51.7 Å². The van der Waals surface area contributed by atoms with Crippen LogP contribution >= 0.6 is 11.6 Å². The minimum Gasteiger partial charge on any atom is -0.489 e. The van der Waals surface area contributed by atoms with Crippen LogP contribution in [0.2, 0.25) is 0 Å². The molecule has 0 spiro atoms. The lowest BCUT2D eigenvalue weighted by Crippen LogP contribution is -2.48. The van der Waals surface area contributed by atoms with Crippen LogP contribution < -0.4 is 10.1 Å². The summed E-state index contributed by atoms with van der Waals surface area (Å²) >= 11 is 6.07. The maximum Gasteiger partial charge on any atom is 0.258 e. The van der Waals surface area contributed by atoms with Crippen molar-refractivity contribution in [3.8, 4) is 5.75 Å². The van der Waals surface area contributed by atoms with E-state index in [9.17, 15) is 14.3 Å². The van der Waals surface area contributed by atoms with Gasteiger partial charge in [-0.05, 0) is 51.7 Å². The molecule has 3 N–H and O–H groups in total. The number of nitrogens with zero attached hydrogens (tertiary/aromatic N) is 3. The highest BCUT2D eigenvalue weighted by Crippen LogP contribution is 2.38. The van der Waals surface area contributed by atoms with Gasteiger partial charge in [0.25, 0.3) is 5.91 Å². The lowest BCUT2D eigenvalue weighted by molar-refractivity contribution is 0.0215. The van der Waals surface area contributed by atoms with Crippen molar-refractivity contribution >= 4 is 29.4 Å². The number of amides is 1. The molecule has 8 nitrogen and oxygen atoms in total. The number of aliphatic hydroxyl groups is 1. The molecule has 3 fully saturated rings. The number of carbonyl (C=O) groups is 1. The number of nitrogens with one attached hydrogen (secondary N) is 2. The summed E-state index contributed by atoms with van der Waals surface area (Å²) < 4.78 is 20.5. The normalized spacial score (nSPS) is 29.1. The number of ether oxygens (including phenoxy) is 1. The quantitative estimate of drug-likeness (QED) is 0.558.